The molecule has 0 bridgehead atoms. The molecule has 0 aliphatic carbocycles. The molecule has 1 aromatic heterocycles. The Kier molecular flexibility index (Phi) is 5.44. The highest BCUT2D eigenvalue weighted by atomic mass is 15.3. The van der Waals surface area contributed by atoms with Crippen molar-refractivity contribution < 1.29 is 0 Å². The van der Waals surface area contributed by atoms with Crippen molar-refractivity contribution in [2.75, 3.05) is 31.6 Å². The Labute approximate surface area is 115 Å². The van der Waals surface area contributed by atoms with Crippen molar-refractivity contribution in [3.05, 3.63) is 48.8 Å². The summed E-state index contributed by atoms with van der Waals surface area (Å²) >= 11 is 0. The van der Waals surface area contributed by atoms with E-state index in [0.717, 1.165) is 32.6 Å². The Balaban J connectivity index is 1.54. The molecule has 1 N–H and O–H groups in total. The molecule has 0 radical (unpaired) electrons. The van der Waals surface area contributed by atoms with Crippen molar-refractivity contribution in [3.63, 3.8) is 0 Å². The van der Waals surface area contributed by atoms with E-state index in [-0.39, 0.29) is 0 Å². The largest absolute Gasteiger partial charge is 0.375 e. The zero-order valence-corrected chi connectivity index (χ0v) is 11.5. The maximum Gasteiger partial charge on any atom is 0.0533 e. The minimum atomic E-state index is 0.932. The lowest BCUT2D eigenvalue weighted by atomic mass is 10.3. The highest BCUT2D eigenvalue weighted by Gasteiger charge is 1.98. The van der Waals surface area contributed by atoms with Crippen LogP contribution in [-0.2, 0) is 6.54 Å². The smallest absolute Gasteiger partial charge is 0.0533 e. The number of aromatic nitrogens is 2. The summed E-state index contributed by atoms with van der Waals surface area (Å²) in [5, 5.41) is 7.61. The molecule has 0 spiro atoms. The van der Waals surface area contributed by atoms with Crippen LogP contribution in [0.3, 0.4) is 0 Å². The van der Waals surface area contributed by atoms with Crippen LogP contribution in [0.1, 0.15) is 6.42 Å². The first-order valence-electron chi connectivity index (χ1n) is 6.80. The van der Waals surface area contributed by atoms with E-state index < -0.39 is 0 Å². The van der Waals surface area contributed by atoms with E-state index in [1.807, 2.05) is 29.2 Å². The summed E-state index contributed by atoms with van der Waals surface area (Å²) < 4.78 is 1.95. The molecule has 4 nitrogen and oxygen atoms in total. The van der Waals surface area contributed by atoms with Crippen molar-refractivity contribution in [1.29, 1.82) is 0 Å². The molecule has 0 amide bonds. The van der Waals surface area contributed by atoms with E-state index in [9.17, 15) is 0 Å². The molecule has 1 aromatic carbocycles. The van der Waals surface area contributed by atoms with Crippen molar-refractivity contribution in [2.24, 2.45) is 0 Å². The van der Waals surface area contributed by atoms with Crippen LogP contribution in [-0.4, -0.2) is 36.5 Å². The van der Waals surface area contributed by atoms with Crippen LogP contribution in [0, 0.1) is 0 Å². The number of hydrogen-bond donors (Lipinski definition) is 1. The molecular weight excluding hydrogens is 236 g/mol. The van der Waals surface area contributed by atoms with Crippen molar-refractivity contribution in [2.45, 2.75) is 13.0 Å². The maximum absolute atomic E-state index is 4.17. The molecule has 2 aromatic rings. The van der Waals surface area contributed by atoms with Gasteiger partial charge in [-0.25, -0.2) is 0 Å². The second-order valence-corrected chi connectivity index (χ2v) is 4.63. The van der Waals surface area contributed by atoms with Crippen LogP contribution < -0.4 is 10.2 Å². The summed E-state index contributed by atoms with van der Waals surface area (Å²) in [7, 11) is 2.14. The fraction of sp³-hybridized carbons (Fsp3) is 0.400. The quantitative estimate of drug-likeness (QED) is 0.735. The number of para-hydroxylation sites is 1. The van der Waals surface area contributed by atoms with Gasteiger partial charge in [-0.2, -0.15) is 5.10 Å². The van der Waals surface area contributed by atoms with E-state index in [0.29, 0.717) is 0 Å². The summed E-state index contributed by atoms with van der Waals surface area (Å²) in [6, 6.07) is 12.4. The molecule has 102 valence electrons. The van der Waals surface area contributed by atoms with Crippen LogP contribution in [0.2, 0.25) is 0 Å². The third-order valence-electron chi connectivity index (χ3n) is 3.12. The maximum atomic E-state index is 4.17. The van der Waals surface area contributed by atoms with Crippen LogP contribution in [0.4, 0.5) is 5.69 Å². The van der Waals surface area contributed by atoms with Gasteiger partial charge in [0.2, 0.25) is 0 Å². The lowest BCUT2D eigenvalue weighted by molar-refractivity contribution is 0.547. The lowest BCUT2D eigenvalue weighted by Gasteiger charge is -2.19. The SMILES string of the molecule is CN(CCCNCCn1cccn1)c1ccccc1. The molecule has 0 atom stereocenters. The highest BCUT2D eigenvalue weighted by Crippen LogP contribution is 2.10. The van der Waals surface area contributed by atoms with Crippen LogP contribution in [0.25, 0.3) is 0 Å². The van der Waals surface area contributed by atoms with Gasteiger partial charge in [-0.05, 0) is 31.2 Å². The van der Waals surface area contributed by atoms with Crippen molar-refractivity contribution in [1.82, 2.24) is 15.1 Å². The van der Waals surface area contributed by atoms with Crippen LogP contribution in [0.5, 0.6) is 0 Å². The summed E-state index contributed by atoms with van der Waals surface area (Å²) in [5.74, 6) is 0. The van der Waals surface area contributed by atoms with Gasteiger partial charge in [-0.15, -0.1) is 0 Å². The van der Waals surface area contributed by atoms with E-state index in [4.69, 9.17) is 0 Å². The highest BCUT2D eigenvalue weighted by molar-refractivity contribution is 5.44. The van der Waals surface area contributed by atoms with E-state index in [2.05, 4.69) is 46.6 Å². The molecule has 0 saturated carbocycles. The Morgan fingerprint density at radius 1 is 1.16 bits per heavy atom. The summed E-state index contributed by atoms with van der Waals surface area (Å²) in [5.41, 5.74) is 1.28. The van der Waals surface area contributed by atoms with Gasteiger partial charge >= 0.3 is 0 Å². The van der Waals surface area contributed by atoms with Crippen molar-refractivity contribution in [3.8, 4) is 0 Å². The predicted molar refractivity (Wildman–Crippen MR) is 79.4 cm³/mol. The monoisotopic (exact) mass is 258 g/mol. The molecule has 4 heteroatoms. The fourth-order valence-corrected chi connectivity index (χ4v) is 2.00. The minimum absolute atomic E-state index is 0.932. The third kappa shape index (κ3) is 4.75. The molecule has 0 unspecified atom stereocenters. The molecule has 0 aliphatic heterocycles. The van der Waals surface area contributed by atoms with E-state index in [1.54, 1.807) is 0 Å². The number of anilines is 1. The molecule has 0 fully saturated rings. The Morgan fingerprint density at radius 3 is 2.74 bits per heavy atom. The van der Waals surface area contributed by atoms with Gasteiger partial charge in [0.05, 0.1) is 6.54 Å². The molecule has 0 aliphatic rings. The molecule has 2 rings (SSSR count). The predicted octanol–water partition coefficient (Wildman–Crippen LogP) is 2.00. The zero-order valence-electron chi connectivity index (χ0n) is 11.5. The number of hydrogen-bond acceptors (Lipinski definition) is 3. The lowest BCUT2D eigenvalue weighted by Crippen LogP contribution is -2.26. The van der Waals surface area contributed by atoms with Gasteiger partial charge < -0.3 is 10.2 Å². The molecule has 19 heavy (non-hydrogen) atoms. The fourth-order valence-electron chi connectivity index (χ4n) is 2.00. The normalized spacial score (nSPS) is 10.6. The van der Waals surface area contributed by atoms with Gasteiger partial charge in [0, 0.05) is 38.2 Å². The molecule has 1 heterocycles. The van der Waals surface area contributed by atoms with Gasteiger partial charge in [-0.1, -0.05) is 18.2 Å². The molecular formula is C15H22N4. The van der Waals surface area contributed by atoms with E-state index in [1.165, 1.54) is 5.69 Å². The number of nitrogens with zero attached hydrogens (tertiary/aromatic N) is 3. The minimum Gasteiger partial charge on any atom is -0.375 e. The topological polar surface area (TPSA) is 33.1 Å². The average Bonchev–Trinajstić information content (AvgIpc) is 2.96. The first-order valence-corrected chi connectivity index (χ1v) is 6.80. The van der Waals surface area contributed by atoms with Gasteiger partial charge in [0.15, 0.2) is 0 Å². The van der Waals surface area contributed by atoms with E-state index >= 15 is 0 Å². The van der Waals surface area contributed by atoms with Gasteiger partial charge in [0.25, 0.3) is 0 Å². The Bertz CT molecular complexity index is 438. The Morgan fingerprint density at radius 2 is 2.00 bits per heavy atom. The number of benzene rings is 1. The first-order chi connectivity index (χ1) is 9.36. The zero-order chi connectivity index (χ0) is 13.3. The second kappa shape index (κ2) is 7.59. The Hall–Kier alpha value is -1.81. The summed E-state index contributed by atoms with van der Waals surface area (Å²) in [6.07, 6.45) is 4.95. The van der Waals surface area contributed by atoms with Crippen molar-refractivity contribution >= 4 is 5.69 Å². The first kappa shape index (κ1) is 13.6. The van der Waals surface area contributed by atoms with Gasteiger partial charge in [0.1, 0.15) is 0 Å². The number of rotatable bonds is 8. The standard InChI is InChI=1S/C15H22N4/c1-18(15-7-3-2-4-8-15)12-5-9-16-11-14-19-13-6-10-17-19/h2-4,6-8,10,13,16H,5,9,11-12,14H2,1H3. The third-order valence-corrected chi connectivity index (χ3v) is 3.12. The second-order valence-electron chi connectivity index (χ2n) is 4.63. The van der Waals surface area contributed by atoms with Gasteiger partial charge in [-0.3, -0.25) is 4.68 Å². The average molecular weight is 258 g/mol. The van der Waals surface area contributed by atoms with Crippen LogP contribution in [0.15, 0.2) is 48.8 Å². The van der Waals surface area contributed by atoms with Crippen LogP contribution >= 0.6 is 0 Å². The molecule has 0 saturated heterocycles. The summed E-state index contributed by atoms with van der Waals surface area (Å²) in [4.78, 5) is 2.29. The number of nitrogens with one attached hydrogen (secondary N) is 1. The summed E-state index contributed by atoms with van der Waals surface area (Å²) in [6.45, 7) is 4.01.